The van der Waals surface area contributed by atoms with Crippen LogP contribution in [0.3, 0.4) is 0 Å². The minimum absolute atomic E-state index is 0.751. The predicted octanol–water partition coefficient (Wildman–Crippen LogP) is 1.15. The molecule has 0 saturated carbocycles. The van der Waals surface area contributed by atoms with Gasteiger partial charge >= 0.3 is 0 Å². The van der Waals surface area contributed by atoms with Crippen LogP contribution in [-0.4, -0.2) is 25.3 Å². The molecule has 0 atom stereocenters. The van der Waals surface area contributed by atoms with Gasteiger partial charge in [-0.05, 0) is 6.42 Å². The van der Waals surface area contributed by atoms with Crippen molar-refractivity contribution in [2.24, 2.45) is 9.98 Å². The van der Waals surface area contributed by atoms with Gasteiger partial charge in [0.25, 0.3) is 0 Å². The maximum atomic E-state index is 6.82. The van der Waals surface area contributed by atoms with E-state index < -0.39 is 0 Å². The van der Waals surface area contributed by atoms with Crippen LogP contribution < -0.4 is 0 Å². The third-order valence-electron chi connectivity index (χ3n) is 0.868. The van der Waals surface area contributed by atoms with Gasteiger partial charge in [-0.15, -0.1) is 0 Å². The van der Waals surface area contributed by atoms with Crippen molar-refractivity contribution in [2.45, 2.75) is 13.3 Å². The van der Waals surface area contributed by atoms with Crippen LogP contribution in [0.25, 0.3) is 0 Å². The Balaban J connectivity index is 3.90. The Morgan fingerprint density at radius 2 is 2.33 bits per heavy atom. The standard InChI is InChI=1S/C6H11N3/c1-3-6(4-7)9-5-8-2/h4-5,7H,3H2,1-2H3/b7-4?,8-5-,9-6-. The Labute approximate surface area is 55.0 Å². The van der Waals surface area contributed by atoms with Gasteiger partial charge in [0.1, 0.15) is 6.34 Å². The van der Waals surface area contributed by atoms with Gasteiger partial charge in [-0.25, -0.2) is 4.99 Å². The maximum absolute atomic E-state index is 6.82. The van der Waals surface area contributed by atoms with E-state index in [0.29, 0.717) is 0 Å². The van der Waals surface area contributed by atoms with Crippen molar-refractivity contribution in [1.29, 1.82) is 5.41 Å². The molecule has 50 valence electrons. The molecule has 9 heavy (non-hydrogen) atoms. The second-order valence-corrected chi connectivity index (χ2v) is 1.49. The van der Waals surface area contributed by atoms with Crippen molar-refractivity contribution < 1.29 is 0 Å². The molecule has 0 bridgehead atoms. The number of hydrogen-bond donors (Lipinski definition) is 1. The normalized spacial score (nSPS) is 12.4. The summed E-state index contributed by atoms with van der Waals surface area (Å²) in [5.74, 6) is 0. The van der Waals surface area contributed by atoms with Crippen molar-refractivity contribution in [3.05, 3.63) is 0 Å². The molecule has 0 aromatic carbocycles. The first-order valence-electron chi connectivity index (χ1n) is 2.83. The average Bonchev–Trinajstić information content (AvgIpc) is 1.91. The Hall–Kier alpha value is -0.990. The van der Waals surface area contributed by atoms with Crippen molar-refractivity contribution >= 4 is 18.3 Å². The van der Waals surface area contributed by atoms with Crippen LogP contribution in [0.15, 0.2) is 9.98 Å². The molecular formula is C6H11N3. The molecule has 0 rings (SSSR count). The van der Waals surface area contributed by atoms with E-state index in [0.717, 1.165) is 12.1 Å². The minimum atomic E-state index is 0.751. The van der Waals surface area contributed by atoms with Crippen molar-refractivity contribution in [1.82, 2.24) is 0 Å². The molecule has 0 radical (unpaired) electrons. The molecule has 3 nitrogen and oxygen atoms in total. The van der Waals surface area contributed by atoms with Crippen LogP contribution in [-0.2, 0) is 0 Å². The Morgan fingerprint density at radius 3 is 2.67 bits per heavy atom. The van der Waals surface area contributed by atoms with Crippen LogP contribution in [0.1, 0.15) is 13.3 Å². The zero-order valence-corrected chi connectivity index (χ0v) is 5.76. The van der Waals surface area contributed by atoms with Crippen LogP contribution in [0.2, 0.25) is 0 Å². The van der Waals surface area contributed by atoms with E-state index in [9.17, 15) is 0 Å². The molecule has 0 unspecified atom stereocenters. The number of nitrogens with zero attached hydrogens (tertiary/aromatic N) is 2. The summed E-state index contributed by atoms with van der Waals surface area (Å²) >= 11 is 0. The van der Waals surface area contributed by atoms with Crippen molar-refractivity contribution in [3.8, 4) is 0 Å². The molecule has 0 spiro atoms. The van der Waals surface area contributed by atoms with Crippen LogP contribution in [0.4, 0.5) is 0 Å². The molecular weight excluding hydrogens is 114 g/mol. The zero-order valence-electron chi connectivity index (χ0n) is 5.76. The number of aliphatic imine (C=N–C) groups is 2. The monoisotopic (exact) mass is 125 g/mol. The summed E-state index contributed by atoms with van der Waals surface area (Å²) in [5.41, 5.74) is 0.751. The molecule has 1 N–H and O–H groups in total. The minimum Gasteiger partial charge on any atom is -0.307 e. The summed E-state index contributed by atoms with van der Waals surface area (Å²) in [6.07, 6.45) is 3.47. The highest BCUT2D eigenvalue weighted by atomic mass is 14.8. The molecule has 0 amide bonds. The van der Waals surface area contributed by atoms with Gasteiger partial charge in [0.15, 0.2) is 0 Å². The van der Waals surface area contributed by atoms with E-state index in [-0.39, 0.29) is 0 Å². The fraction of sp³-hybridized carbons (Fsp3) is 0.500. The Kier molecular flexibility index (Phi) is 4.59. The number of hydrogen-bond acceptors (Lipinski definition) is 2. The molecule has 0 aliphatic carbocycles. The van der Waals surface area contributed by atoms with E-state index in [4.69, 9.17) is 5.41 Å². The summed E-state index contributed by atoms with van der Waals surface area (Å²) in [4.78, 5) is 7.52. The molecule has 0 aliphatic heterocycles. The largest absolute Gasteiger partial charge is 0.307 e. The lowest BCUT2D eigenvalue weighted by Gasteiger charge is -1.86. The van der Waals surface area contributed by atoms with E-state index in [2.05, 4.69) is 9.98 Å². The zero-order chi connectivity index (χ0) is 7.11. The first-order valence-corrected chi connectivity index (χ1v) is 2.83. The van der Waals surface area contributed by atoms with E-state index in [1.807, 2.05) is 6.92 Å². The van der Waals surface area contributed by atoms with E-state index in [1.54, 1.807) is 7.05 Å². The average molecular weight is 125 g/mol. The van der Waals surface area contributed by atoms with Gasteiger partial charge in [-0.2, -0.15) is 0 Å². The highest BCUT2D eigenvalue weighted by Gasteiger charge is 1.83. The summed E-state index contributed by atoms with van der Waals surface area (Å²) in [7, 11) is 1.65. The van der Waals surface area contributed by atoms with Gasteiger partial charge in [-0.3, -0.25) is 4.99 Å². The highest BCUT2D eigenvalue weighted by molar-refractivity contribution is 6.30. The summed E-state index contributed by atoms with van der Waals surface area (Å²) < 4.78 is 0. The van der Waals surface area contributed by atoms with Crippen molar-refractivity contribution in [3.63, 3.8) is 0 Å². The Morgan fingerprint density at radius 1 is 1.67 bits per heavy atom. The van der Waals surface area contributed by atoms with Gasteiger partial charge in [0, 0.05) is 13.3 Å². The topological polar surface area (TPSA) is 48.6 Å². The van der Waals surface area contributed by atoms with Gasteiger partial charge in [-0.1, -0.05) is 6.92 Å². The first-order chi connectivity index (χ1) is 4.35. The third kappa shape index (κ3) is 3.58. The van der Waals surface area contributed by atoms with Gasteiger partial charge < -0.3 is 5.41 Å². The highest BCUT2D eigenvalue weighted by Crippen LogP contribution is 1.78. The first kappa shape index (κ1) is 8.01. The second kappa shape index (κ2) is 5.15. The van der Waals surface area contributed by atoms with Crippen molar-refractivity contribution in [2.75, 3.05) is 7.05 Å². The van der Waals surface area contributed by atoms with Crippen LogP contribution >= 0.6 is 0 Å². The summed E-state index contributed by atoms with van der Waals surface area (Å²) in [6, 6.07) is 0. The number of rotatable bonds is 3. The molecule has 0 heterocycles. The molecule has 0 fully saturated rings. The predicted molar refractivity (Wildman–Crippen MR) is 40.9 cm³/mol. The third-order valence-corrected chi connectivity index (χ3v) is 0.868. The molecule has 0 aromatic rings. The number of nitrogens with one attached hydrogen (secondary N) is 1. The SMILES string of the molecule is CC/C(C=N)=N/C=N\C. The fourth-order valence-electron chi connectivity index (χ4n) is 0.363. The quantitative estimate of drug-likeness (QED) is 0.434. The lowest BCUT2D eigenvalue weighted by atomic mass is 10.3. The van der Waals surface area contributed by atoms with E-state index >= 15 is 0 Å². The second-order valence-electron chi connectivity index (χ2n) is 1.49. The summed E-state index contributed by atoms with van der Waals surface area (Å²) in [6.45, 7) is 1.95. The molecule has 3 heteroatoms. The Bertz CT molecular complexity index is 135. The fourth-order valence-corrected chi connectivity index (χ4v) is 0.363. The lowest BCUT2D eigenvalue weighted by Crippen LogP contribution is -1.95. The van der Waals surface area contributed by atoms with Crippen LogP contribution in [0.5, 0.6) is 0 Å². The van der Waals surface area contributed by atoms with Crippen LogP contribution in [0, 0.1) is 5.41 Å². The summed E-state index contributed by atoms with van der Waals surface area (Å²) in [5, 5.41) is 6.82. The molecule has 0 aromatic heterocycles. The molecule has 0 saturated heterocycles. The van der Waals surface area contributed by atoms with Gasteiger partial charge in [0.2, 0.25) is 0 Å². The lowest BCUT2D eigenvalue weighted by molar-refractivity contribution is 1.30. The maximum Gasteiger partial charge on any atom is 0.109 e. The molecule has 0 aliphatic rings. The van der Waals surface area contributed by atoms with E-state index in [1.165, 1.54) is 12.6 Å². The smallest absolute Gasteiger partial charge is 0.109 e. The van der Waals surface area contributed by atoms with Gasteiger partial charge in [0.05, 0.1) is 5.71 Å².